The Morgan fingerprint density at radius 2 is 1.77 bits per heavy atom. The number of amides is 1. The molecule has 2 fully saturated rings. The summed E-state index contributed by atoms with van der Waals surface area (Å²) in [6.07, 6.45) is 5.29. The molecule has 1 amide bonds. The molecule has 180 valence electrons. The second kappa shape index (κ2) is 9.95. The van der Waals surface area contributed by atoms with Crippen LogP contribution in [0.2, 0.25) is 0 Å². The van der Waals surface area contributed by atoms with Gasteiger partial charge in [0.15, 0.2) is 0 Å². The van der Waals surface area contributed by atoms with Crippen LogP contribution in [0.5, 0.6) is 0 Å². The highest BCUT2D eigenvalue weighted by Gasteiger charge is 2.33. The van der Waals surface area contributed by atoms with Gasteiger partial charge in [0.05, 0.1) is 10.5 Å². The molecular weight excluding hydrogens is 476 g/mol. The Bertz CT molecular complexity index is 1360. The van der Waals surface area contributed by atoms with Crippen LogP contribution in [0.4, 0.5) is 5.82 Å². The molecule has 2 atom stereocenters. The van der Waals surface area contributed by atoms with Gasteiger partial charge in [-0.3, -0.25) is 18.9 Å². The van der Waals surface area contributed by atoms with E-state index in [-0.39, 0.29) is 11.5 Å². The Balaban J connectivity index is 1.51. The monoisotopic (exact) mass is 504 g/mol. The van der Waals surface area contributed by atoms with E-state index in [1.165, 1.54) is 11.8 Å². The Labute approximate surface area is 214 Å². The Morgan fingerprint density at radius 1 is 1.06 bits per heavy atom. The molecule has 2 aromatic heterocycles. The minimum absolute atomic E-state index is 0.153. The molecule has 1 aromatic carbocycles. The third-order valence-electron chi connectivity index (χ3n) is 6.53. The summed E-state index contributed by atoms with van der Waals surface area (Å²) in [6.45, 7) is 6.63. The number of thioether (sulfide) groups is 1. The minimum atomic E-state index is -0.175. The Kier molecular flexibility index (Phi) is 6.75. The summed E-state index contributed by atoms with van der Waals surface area (Å²) < 4.78 is 2.07. The van der Waals surface area contributed by atoms with E-state index in [1.54, 1.807) is 21.6 Å². The molecule has 5 rings (SSSR count). The van der Waals surface area contributed by atoms with E-state index in [4.69, 9.17) is 17.2 Å². The van der Waals surface area contributed by atoms with E-state index in [2.05, 4.69) is 18.7 Å². The zero-order valence-corrected chi connectivity index (χ0v) is 21.5. The lowest BCUT2D eigenvalue weighted by atomic mass is 9.91. The van der Waals surface area contributed by atoms with Gasteiger partial charge in [0.2, 0.25) is 0 Å². The minimum Gasteiger partial charge on any atom is -0.355 e. The summed E-state index contributed by atoms with van der Waals surface area (Å²) in [5.74, 6) is 1.49. The SMILES string of the molecule is C[C@@H]1C[C@H](C)CN(c2nc3ccccn3c(=O)c2/C=C2\SC(=S)N(CCc3ccccc3)C2=O)C1. The molecule has 6 nitrogen and oxygen atoms in total. The van der Waals surface area contributed by atoms with E-state index in [1.807, 2.05) is 48.5 Å². The number of carbonyl (C=O) groups excluding carboxylic acids is 1. The van der Waals surface area contributed by atoms with Crippen LogP contribution in [-0.4, -0.2) is 44.1 Å². The van der Waals surface area contributed by atoms with Crippen molar-refractivity contribution in [3.05, 3.63) is 81.1 Å². The van der Waals surface area contributed by atoms with Gasteiger partial charge in [-0.05, 0) is 48.4 Å². The quantitative estimate of drug-likeness (QED) is 0.373. The van der Waals surface area contributed by atoms with Crippen LogP contribution in [0.1, 0.15) is 31.4 Å². The summed E-state index contributed by atoms with van der Waals surface area (Å²) >= 11 is 6.80. The molecular formula is C27H28N4O2S2. The number of benzene rings is 1. The van der Waals surface area contributed by atoms with Gasteiger partial charge < -0.3 is 4.90 Å². The van der Waals surface area contributed by atoms with Crippen LogP contribution < -0.4 is 10.5 Å². The van der Waals surface area contributed by atoms with Crippen molar-refractivity contribution in [2.45, 2.75) is 26.7 Å². The summed E-state index contributed by atoms with van der Waals surface area (Å²) in [5.41, 5.74) is 2.02. The standard InChI is InChI=1S/C27H28N4O2S2/c1-18-14-19(2)17-29(16-18)24-21(25(32)30-12-7-6-10-23(30)28-24)15-22-26(33)31(27(34)35-22)13-11-20-8-4-3-5-9-20/h3-10,12,15,18-19H,11,13-14,16-17H2,1-2H3/b22-15-/t18-,19+. The lowest BCUT2D eigenvalue weighted by molar-refractivity contribution is -0.122. The average molecular weight is 505 g/mol. The maximum Gasteiger partial charge on any atom is 0.267 e. The summed E-state index contributed by atoms with van der Waals surface area (Å²) in [6, 6.07) is 15.6. The molecule has 35 heavy (non-hydrogen) atoms. The van der Waals surface area contributed by atoms with Crippen LogP contribution in [0.3, 0.4) is 0 Å². The molecule has 2 aliphatic heterocycles. The van der Waals surface area contributed by atoms with Gasteiger partial charge in [-0.1, -0.05) is 74.2 Å². The van der Waals surface area contributed by atoms with Crippen molar-refractivity contribution in [2.75, 3.05) is 24.5 Å². The molecule has 0 unspecified atom stereocenters. The first-order valence-corrected chi connectivity index (χ1v) is 13.2. The fourth-order valence-electron chi connectivity index (χ4n) is 5.00. The van der Waals surface area contributed by atoms with Gasteiger partial charge in [0, 0.05) is 25.8 Å². The molecule has 3 aromatic rings. The highest BCUT2D eigenvalue weighted by molar-refractivity contribution is 8.26. The molecule has 0 radical (unpaired) electrons. The molecule has 8 heteroatoms. The number of piperidine rings is 1. The van der Waals surface area contributed by atoms with Gasteiger partial charge in [-0.2, -0.15) is 0 Å². The van der Waals surface area contributed by atoms with Crippen molar-refractivity contribution < 1.29 is 4.79 Å². The first-order chi connectivity index (χ1) is 16.9. The first kappa shape index (κ1) is 23.8. The van der Waals surface area contributed by atoms with Crippen LogP contribution in [0.15, 0.2) is 64.4 Å². The second-order valence-electron chi connectivity index (χ2n) is 9.50. The number of thiocarbonyl (C=S) groups is 1. The summed E-state index contributed by atoms with van der Waals surface area (Å²) in [4.78, 5) is 36.1. The van der Waals surface area contributed by atoms with E-state index in [0.29, 0.717) is 44.6 Å². The number of hydrogen-bond acceptors (Lipinski definition) is 6. The van der Waals surface area contributed by atoms with Gasteiger partial charge in [0.25, 0.3) is 11.5 Å². The van der Waals surface area contributed by atoms with Crippen molar-refractivity contribution >= 4 is 51.7 Å². The van der Waals surface area contributed by atoms with E-state index >= 15 is 0 Å². The van der Waals surface area contributed by atoms with Crippen molar-refractivity contribution in [2.24, 2.45) is 11.8 Å². The summed E-state index contributed by atoms with van der Waals surface area (Å²) in [5, 5.41) is 0. The van der Waals surface area contributed by atoms with Crippen LogP contribution in [0.25, 0.3) is 11.7 Å². The lowest BCUT2D eigenvalue weighted by Crippen LogP contribution is -2.40. The van der Waals surface area contributed by atoms with Gasteiger partial charge >= 0.3 is 0 Å². The second-order valence-corrected chi connectivity index (χ2v) is 11.2. The molecule has 0 N–H and O–H groups in total. The number of aromatic nitrogens is 2. The van der Waals surface area contributed by atoms with E-state index in [9.17, 15) is 9.59 Å². The molecule has 0 bridgehead atoms. The predicted octanol–water partition coefficient (Wildman–Crippen LogP) is 4.62. The van der Waals surface area contributed by atoms with Gasteiger partial charge in [-0.15, -0.1) is 0 Å². The van der Waals surface area contributed by atoms with Crippen molar-refractivity contribution in [3.8, 4) is 0 Å². The van der Waals surface area contributed by atoms with Gasteiger partial charge in [-0.25, -0.2) is 4.98 Å². The number of rotatable bonds is 5. The number of hydrogen-bond donors (Lipinski definition) is 0. The Morgan fingerprint density at radius 3 is 2.51 bits per heavy atom. The zero-order valence-electron chi connectivity index (χ0n) is 19.9. The van der Waals surface area contributed by atoms with Crippen molar-refractivity contribution in [1.29, 1.82) is 0 Å². The third-order valence-corrected chi connectivity index (χ3v) is 7.91. The maximum atomic E-state index is 13.6. The normalized spacial score (nSPS) is 21.9. The van der Waals surface area contributed by atoms with Crippen LogP contribution in [-0.2, 0) is 11.2 Å². The highest BCUT2D eigenvalue weighted by atomic mass is 32.2. The molecule has 0 spiro atoms. The number of fused-ring (bicyclic) bond motifs is 1. The van der Waals surface area contributed by atoms with Crippen molar-refractivity contribution in [1.82, 2.24) is 14.3 Å². The summed E-state index contributed by atoms with van der Waals surface area (Å²) in [7, 11) is 0. The highest BCUT2D eigenvalue weighted by Crippen LogP contribution is 2.34. The van der Waals surface area contributed by atoms with Crippen LogP contribution in [0, 0.1) is 11.8 Å². The number of anilines is 1. The zero-order chi connectivity index (χ0) is 24.5. The predicted molar refractivity (Wildman–Crippen MR) is 147 cm³/mol. The van der Waals surface area contributed by atoms with Gasteiger partial charge in [0.1, 0.15) is 15.8 Å². The third kappa shape index (κ3) is 4.90. The molecule has 2 saturated heterocycles. The molecule has 0 aliphatic carbocycles. The van der Waals surface area contributed by atoms with E-state index in [0.717, 1.165) is 31.5 Å². The van der Waals surface area contributed by atoms with Crippen LogP contribution >= 0.6 is 24.0 Å². The topological polar surface area (TPSA) is 57.9 Å². The number of carbonyl (C=O) groups is 1. The molecule has 2 aliphatic rings. The Hall–Kier alpha value is -2.97. The fourth-order valence-corrected chi connectivity index (χ4v) is 6.29. The first-order valence-electron chi connectivity index (χ1n) is 12.0. The molecule has 4 heterocycles. The maximum absolute atomic E-state index is 13.6. The van der Waals surface area contributed by atoms with Crippen molar-refractivity contribution in [3.63, 3.8) is 0 Å². The largest absolute Gasteiger partial charge is 0.355 e. The number of nitrogens with zero attached hydrogens (tertiary/aromatic N) is 4. The lowest BCUT2D eigenvalue weighted by Gasteiger charge is -2.36. The van der Waals surface area contributed by atoms with E-state index < -0.39 is 0 Å². The average Bonchev–Trinajstić information content (AvgIpc) is 3.11. The smallest absolute Gasteiger partial charge is 0.267 e. The fraction of sp³-hybridized carbons (Fsp3) is 0.333. The number of pyridine rings is 1. The molecule has 0 saturated carbocycles.